The summed E-state index contributed by atoms with van der Waals surface area (Å²) < 4.78 is 26.4. The second-order valence-electron chi connectivity index (χ2n) is 8.07. The quantitative estimate of drug-likeness (QED) is 0.509. The lowest BCUT2D eigenvalue weighted by atomic mass is 9.86. The highest BCUT2D eigenvalue weighted by Gasteiger charge is 2.45. The third kappa shape index (κ3) is 2.61. The summed E-state index contributed by atoms with van der Waals surface area (Å²) in [5.74, 6) is -1.14. The maximum atomic E-state index is 14.3. The minimum Gasteiger partial charge on any atom is -0.458 e. The number of hydrogen-bond acceptors (Lipinski definition) is 6. The van der Waals surface area contributed by atoms with Crippen LogP contribution in [-0.4, -0.2) is 27.7 Å². The van der Waals surface area contributed by atoms with E-state index in [4.69, 9.17) is 9.47 Å². The number of aromatic nitrogens is 2. The molecular formula is C23H21FN2O5. The van der Waals surface area contributed by atoms with Crippen LogP contribution in [0.5, 0.6) is 0 Å². The molecule has 2 aromatic heterocycles. The van der Waals surface area contributed by atoms with E-state index in [0.717, 1.165) is 16.5 Å². The second-order valence-corrected chi connectivity index (χ2v) is 8.07. The number of cyclic esters (lactones) is 1. The Morgan fingerprint density at radius 3 is 2.77 bits per heavy atom. The zero-order valence-corrected chi connectivity index (χ0v) is 17.4. The third-order valence-corrected chi connectivity index (χ3v) is 6.37. The number of carbonyl (C=O) groups excluding carboxylic acids is 1. The lowest BCUT2D eigenvalue weighted by Crippen LogP contribution is -2.44. The molecule has 5 rings (SSSR count). The predicted octanol–water partition coefficient (Wildman–Crippen LogP) is 2.67. The van der Waals surface area contributed by atoms with Crippen molar-refractivity contribution in [2.75, 3.05) is 7.11 Å². The molecule has 8 heteroatoms. The maximum absolute atomic E-state index is 14.3. The number of halogens is 1. The van der Waals surface area contributed by atoms with Crippen molar-refractivity contribution >= 4 is 16.9 Å². The first-order valence-electron chi connectivity index (χ1n) is 10.1. The number of ether oxygens (including phenoxy) is 2. The molecule has 1 N–H and O–H groups in total. The number of fused-ring (bicyclic) bond motifs is 5. The molecule has 0 spiro atoms. The average Bonchev–Trinajstić information content (AvgIpc) is 3.11. The summed E-state index contributed by atoms with van der Waals surface area (Å²) in [6.07, 6.45) is 0.0686. The van der Waals surface area contributed by atoms with E-state index in [0.29, 0.717) is 22.5 Å². The molecule has 0 saturated heterocycles. The Hall–Kier alpha value is -3.10. The number of esters is 1. The zero-order chi connectivity index (χ0) is 22.1. The van der Waals surface area contributed by atoms with Gasteiger partial charge in [-0.3, -0.25) is 4.79 Å². The summed E-state index contributed by atoms with van der Waals surface area (Å²) >= 11 is 0. The first-order valence-corrected chi connectivity index (χ1v) is 10.1. The van der Waals surface area contributed by atoms with Crippen LogP contribution in [0.4, 0.5) is 4.39 Å². The Kier molecular flexibility index (Phi) is 4.29. The smallest absolute Gasteiger partial charge is 0.343 e. The summed E-state index contributed by atoms with van der Waals surface area (Å²) in [7, 11) is 1.58. The number of hydrogen-bond donors (Lipinski definition) is 1. The van der Waals surface area contributed by atoms with Gasteiger partial charge in [0.05, 0.1) is 35.6 Å². The molecule has 0 bridgehead atoms. The normalized spacial score (nSPS) is 19.2. The number of pyridine rings is 2. The van der Waals surface area contributed by atoms with E-state index < -0.39 is 11.6 Å². The highest BCUT2D eigenvalue weighted by molar-refractivity contribution is 5.89. The van der Waals surface area contributed by atoms with E-state index in [1.165, 1.54) is 6.07 Å². The number of benzene rings is 1. The summed E-state index contributed by atoms with van der Waals surface area (Å²) in [6.45, 7) is 3.70. The molecule has 160 valence electrons. The maximum Gasteiger partial charge on any atom is 0.343 e. The van der Waals surface area contributed by atoms with Gasteiger partial charge in [-0.25, -0.2) is 14.2 Å². The van der Waals surface area contributed by atoms with Crippen molar-refractivity contribution in [3.05, 3.63) is 62.2 Å². The minimum atomic E-state index is -1.89. The summed E-state index contributed by atoms with van der Waals surface area (Å²) in [4.78, 5) is 30.3. The highest BCUT2D eigenvalue weighted by Crippen LogP contribution is 2.40. The van der Waals surface area contributed by atoms with Crippen LogP contribution < -0.4 is 5.56 Å². The van der Waals surface area contributed by atoms with E-state index in [1.807, 2.05) is 0 Å². The summed E-state index contributed by atoms with van der Waals surface area (Å²) in [5.41, 5.74) is 1.91. The number of nitrogens with zero attached hydrogens (tertiary/aromatic N) is 2. The molecule has 0 unspecified atom stereocenters. The van der Waals surface area contributed by atoms with E-state index >= 15 is 0 Å². The van der Waals surface area contributed by atoms with Gasteiger partial charge in [-0.2, -0.15) is 0 Å². The SMILES string of the molecule is CC[C@@]1(O)C(=O)OCc2c1cc1n(c2=O)Cc2c-1nc1cc(F)c(C)cc1c2COC. The fourth-order valence-corrected chi connectivity index (χ4v) is 4.60. The zero-order valence-electron chi connectivity index (χ0n) is 17.4. The van der Waals surface area contributed by atoms with Gasteiger partial charge < -0.3 is 19.1 Å². The lowest BCUT2D eigenvalue weighted by Gasteiger charge is -2.31. The van der Waals surface area contributed by atoms with Crippen LogP contribution in [0.15, 0.2) is 23.0 Å². The van der Waals surface area contributed by atoms with Crippen molar-refractivity contribution in [2.24, 2.45) is 0 Å². The molecule has 1 aromatic carbocycles. The number of carbonyl (C=O) groups is 1. The van der Waals surface area contributed by atoms with Crippen LogP contribution in [0.2, 0.25) is 0 Å². The van der Waals surface area contributed by atoms with E-state index in [2.05, 4.69) is 4.98 Å². The van der Waals surface area contributed by atoms with Crippen LogP contribution in [0.25, 0.3) is 22.3 Å². The molecule has 2 aliphatic rings. The van der Waals surface area contributed by atoms with Crippen molar-refractivity contribution in [2.45, 2.75) is 45.6 Å². The Balaban J connectivity index is 1.84. The van der Waals surface area contributed by atoms with Gasteiger partial charge in [-0.1, -0.05) is 6.92 Å². The molecule has 0 aliphatic carbocycles. The van der Waals surface area contributed by atoms with Gasteiger partial charge in [0, 0.05) is 29.7 Å². The van der Waals surface area contributed by atoms with E-state index in [9.17, 15) is 19.1 Å². The van der Waals surface area contributed by atoms with Gasteiger partial charge in [0.2, 0.25) is 0 Å². The standard InChI is InChI=1S/C23H21FN2O5/c1-4-23(29)16-6-19-20-13(8-26(19)21(27)15(16)10-31-22(23)28)14(9-30-3)12-5-11(2)17(24)7-18(12)25-20/h5-7,29H,4,8-10H2,1-3H3/t23-/m0/s1. The van der Waals surface area contributed by atoms with E-state index in [-0.39, 0.29) is 48.7 Å². The molecule has 1 atom stereocenters. The Morgan fingerprint density at radius 2 is 2.06 bits per heavy atom. The monoisotopic (exact) mass is 424 g/mol. The summed E-state index contributed by atoms with van der Waals surface area (Å²) in [6, 6.07) is 4.76. The van der Waals surface area contributed by atoms with Crippen molar-refractivity contribution in [1.29, 1.82) is 0 Å². The Labute approximate surface area is 177 Å². The predicted molar refractivity (Wildman–Crippen MR) is 110 cm³/mol. The van der Waals surface area contributed by atoms with Crippen LogP contribution in [-0.2, 0) is 39.6 Å². The van der Waals surface area contributed by atoms with Crippen LogP contribution in [0.3, 0.4) is 0 Å². The average molecular weight is 424 g/mol. The van der Waals surface area contributed by atoms with Gasteiger partial charge in [-0.15, -0.1) is 0 Å². The molecule has 0 fully saturated rings. The number of aryl methyl sites for hydroxylation is 1. The first kappa shape index (κ1) is 19.8. The molecule has 4 heterocycles. The summed E-state index contributed by atoms with van der Waals surface area (Å²) in [5, 5.41) is 11.7. The Morgan fingerprint density at radius 1 is 1.29 bits per heavy atom. The molecule has 7 nitrogen and oxygen atoms in total. The van der Waals surface area contributed by atoms with Crippen LogP contribution in [0.1, 0.15) is 41.2 Å². The number of rotatable bonds is 3. The largest absolute Gasteiger partial charge is 0.458 e. The second kappa shape index (κ2) is 6.70. The van der Waals surface area contributed by atoms with Crippen molar-refractivity contribution in [3.8, 4) is 11.4 Å². The topological polar surface area (TPSA) is 90.7 Å². The van der Waals surface area contributed by atoms with Gasteiger partial charge in [-0.05, 0) is 36.6 Å². The van der Waals surface area contributed by atoms with Gasteiger partial charge in [0.1, 0.15) is 12.4 Å². The molecule has 3 aromatic rings. The molecule has 0 radical (unpaired) electrons. The number of aliphatic hydroxyl groups is 1. The molecule has 2 aliphatic heterocycles. The lowest BCUT2D eigenvalue weighted by molar-refractivity contribution is -0.172. The Bertz CT molecular complexity index is 1350. The first-order chi connectivity index (χ1) is 14.8. The van der Waals surface area contributed by atoms with Crippen molar-refractivity contribution in [3.63, 3.8) is 0 Å². The fourth-order valence-electron chi connectivity index (χ4n) is 4.60. The highest BCUT2D eigenvalue weighted by atomic mass is 19.1. The number of methoxy groups -OCH3 is 1. The van der Waals surface area contributed by atoms with Gasteiger partial charge in [0.25, 0.3) is 5.56 Å². The molecule has 31 heavy (non-hydrogen) atoms. The third-order valence-electron chi connectivity index (χ3n) is 6.37. The van der Waals surface area contributed by atoms with E-state index in [1.54, 1.807) is 37.7 Å². The minimum absolute atomic E-state index is 0.0686. The van der Waals surface area contributed by atoms with Crippen molar-refractivity contribution in [1.82, 2.24) is 9.55 Å². The molecular weight excluding hydrogens is 403 g/mol. The fraction of sp³-hybridized carbons (Fsp3) is 0.348. The van der Waals surface area contributed by atoms with Gasteiger partial charge >= 0.3 is 5.97 Å². The molecule has 0 amide bonds. The van der Waals surface area contributed by atoms with Crippen molar-refractivity contribution < 1.29 is 23.8 Å². The van der Waals surface area contributed by atoms with Crippen LogP contribution >= 0.6 is 0 Å². The van der Waals surface area contributed by atoms with Crippen LogP contribution in [0, 0.1) is 12.7 Å². The van der Waals surface area contributed by atoms with Gasteiger partial charge in [0.15, 0.2) is 5.60 Å². The molecule has 0 saturated carbocycles.